The van der Waals surface area contributed by atoms with Gasteiger partial charge in [-0.3, -0.25) is 0 Å². The van der Waals surface area contributed by atoms with E-state index in [-0.39, 0.29) is 0 Å². The number of benzene rings is 1. The number of fused-ring (bicyclic) bond motifs is 1. The normalized spacial score (nSPS) is 17.1. The van der Waals surface area contributed by atoms with E-state index in [4.69, 9.17) is 11.6 Å². The van der Waals surface area contributed by atoms with Crippen LogP contribution in [0.3, 0.4) is 0 Å². The third kappa shape index (κ3) is 2.67. The molecule has 0 spiro atoms. The fraction of sp³-hybridized carbons (Fsp3) is 0.267. The van der Waals surface area contributed by atoms with Crippen LogP contribution in [0.5, 0.6) is 0 Å². The van der Waals surface area contributed by atoms with Gasteiger partial charge in [-0.25, -0.2) is 0 Å². The molecule has 3 rings (SSSR count). The molecule has 1 aliphatic rings. The van der Waals surface area contributed by atoms with E-state index in [1.807, 2.05) is 24.3 Å². The molecule has 1 aliphatic heterocycles. The van der Waals surface area contributed by atoms with E-state index in [0.717, 1.165) is 47.2 Å². The lowest BCUT2D eigenvalue weighted by molar-refractivity contribution is 0.318. The second kappa shape index (κ2) is 5.85. The molecule has 1 N–H and O–H groups in total. The number of halogens is 1. The molecule has 0 saturated carbocycles. The van der Waals surface area contributed by atoms with E-state index in [9.17, 15) is 5.21 Å². The molecule has 1 aromatic heterocycles. The second-order valence-corrected chi connectivity index (χ2v) is 6.59. The van der Waals surface area contributed by atoms with Crippen molar-refractivity contribution < 1.29 is 5.21 Å². The van der Waals surface area contributed by atoms with Gasteiger partial charge in [0.15, 0.2) is 0 Å². The van der Waals surface area contributed by atoms with Gasteiger partial charge in [-0.15, -0.1) is 11.3 Å². The minimum atomic E-state index is 0.771. The summed E-state index contributed by atoms with van der Waals surface area (Å²) in [5, 5.41) is 12.7. The molecule has 0 amide bonds. The van der Waals surface area contributed by atoms with Crippen molar-refractivity contribution in [2.45, 2.75) is 19.4 Å². The van der Waals surface area contributed by atoms with Crippen LogP contribution in [0.4, 0.5) is 5.69 Å². The zero-order valence-corrected chi connectivity index (χ0v) is 12.5. The van der Waals surface area contributed by atoms with Crippen molar-refractivity contribution in [2.24, 2.45) is 5.16 Å². The lowest BCUT2D eigenvalue weighted by Crippen LogP contribution is -2.22. The zero-order chi connectivity index (χ0) is 13.9. The Labute approximate surface area is 127 Å². The predicted octanol–water partition coefficient (Wildman–Crippen LogP) is 4.38. The molecule has 5 heteroatoms. The first kappa shape index (κ1) is 13.5. The smallest absolute Gasteiger partial charge is 0.0931 e. The van der Waals surface area contributed by atoms with Gasteiger partial charge in [0.2, 0.25) is 0 Å². The van der Waals surface area contributed by atoms with Gasteiger partial charge in [0.05, 0.1) is 16.6 Å². The average Bonchev–Trinajstić information content (AvgIpc) is 2.79. The predicted molar refractivity (Wildman–Crippen MR) is 84.4 cm³/mol. The van der Waals surface area contributed by atoms with Crippen molar-refractivity contribution in [1.82, 2.24) is 0 Å². The number of thiophene rings is 1. The summed E-state index contributed by atoms with van der Waals surface area (Å²) in [4.78, 5) is 3.57. The van der Waals surface area contributed by atoms with Crippen LogP contribution in [0.15, 0.2) is 41.6 Å². The van der Waals surface area contributed by atoms with Gasteiger partial charge >= 0.3 is 0 Å². The molecule has 2 aromatic rings. The molecule has 0 saturated heterocycles. The first-order chi connectivity index (χ1) is 9.78. The van der Waals surface area contributed by atoms with Crippen molar-refractivity contribution in [3.63, 3.8) is 0 Å². The summed E-state index contributed by atoms with van der Waals surface area (Å²) in [6.07, 6.45) is 1.78. The molecule has 0 unspecified atom stereocenters. The fourth-order valence-electron chi connectivity index (χ4n) is 2.58. The summed E-state index contributed by atoms with van der Waals surface area (Å²) in [7, 11) is 0. The Hall–Kier alpha value is -1.52. The van der Waals surface area contributed by atoms with Crippen LogP contribution in [0.2, 0.25) is 4.34 Å². The van der Waals surface area contributed by atoms with Crippen LogP contribution in [0.1, 0.15) is 23.3 Å². The Bertz CT molecular complexity index is 638. The molecule has 0 fully saturated rings. The third-order valence-electron chi connectivity index (χ3n) is 3.49. The molecule has 0 aliphatic carbocycles. The highest BCUT2D eigenvalue weighted by Crippen LogP contribution is 2.30. The molecule has 3 nitrogen and oxygen atoms in total. The molecule has 104 valence electrons. The molecule has 0 atom stereocenters. The van der Waals surface area contributed by atoms with Crippen LogP contribution in [0, 0.1) is 0 Å². The molecular weight excluding hydrogens is 292 g/mol. The number of oxime groups is 1. The molecule has 0 radical (unpaired) electrons. The van der Waals surface area contributed by atoms with E-state index in [1.54, 1.807) is 11.3 Å². The number of hydrogen-bond donors (Lipinski definition) is 1. The van der Waals surface area contributed by atoms with Crippen LogP contribution >= 0.6 is 22.9 Å². The van der Waals surface area contributed by atoms with E-state index in [1.165, 1.54) is 4.88 Å². The van der Waals surface area contributed by atoms with Gasteiger partial charge in [-0.2, -0.15) is 0 Å². The summed E-state index contributed by atoms with van der Waals surface area (Å²) in [6, 6.07) is 12.1. The molecular formula is C15H15ClN2OS. The number of nitrogens with zero attached hydrogens (tertiary/aromatic N) is 2. The highest BCUT2D eigenvalue weighted by Gasteiger charge is 2.20. The summed E-state index contributed by atoms with van der Waals surface area (Å²) < 4.78 is 0.820. The standard InChI is InChI=1S/C15H15ClN2OS/c16-15-8-7-11(20-15)10-18-9-3-5-13(17-19)12-4-1-2-6-14(12)18/h1-2,4,6-8,19H,3,5,9-10H2/b17-13-. The van der Waals surface area contributed by atoms with Gasteiger partial charge in [0, 0.05) is 22.7 Å². The van der Waals surface area contributed by atoms with Gasteiger partial charge in [0.25, 0.3) is 0 Å². The lowest BCUT2D eigenvalue weighted by Gasteiger charge is -2.24. The van der Waals surface area contributed by atoms with E-state index in [0.29, 0.717) is 0 Å². The van der Waals surface area contributed by atoms with E-state index < -0.39 is 0 Å². The fourth-order valence-corrected chi connectivity index (χ4v) is 3.68. The second-order valence-electron chi connectivity index (χ2n) is 4.79. The van der Waals surface area contributed by atoms with Crippen molar-refractivity contribution in [3.05, 3.63) is 51.2 Å². The highest BCUT2D eigenvalue weighted by molar-refractivity contribution is 7.16. The number of anilines is 1. The van der Waals surface area contributed by atoms with Crippen molar-refractivity contribution in [3.8, 4) is 0 Å². The van der Waals surface area contributed by atoms with Crippen LogP contribution < -0.4 is 4.90 Å². The zero-order valence-electron chi connectivity index (χ0n) is 10.9. The van der Waals surface area contributed by atoms with E-state index in [2.05, 4.69) is 22.2 Å². The Morgan fingerprint density at radius 2 is 2.10 bits per heavy atom. The Morgan fingerprint density at radius 1 is 1.25 bits per heavy atom. The molecule has 0 bridgehead atoms. The van der Waals surface area contributed by atoms with Crippen molar-refractivity contribution >= 4 is 34.3 Å². The monoisotopic (exact) mass is 306 g/mol. The quantitative estimate of drug-likeness (QED) is 0.660. The number of rotatable bonds is 2. The molecule has 20 heavy (non-hydrogen) atoms. The Balaban J connectivity index is 1.95. The van der Waals surface area contributed by atoms with Crippen molar-refractivity contribution in [2.75, 3.05) is 11.4 Å². The molecule has 1 aromatic carbocycles. The summed E-state index contributed by atoms with van der Waals surface area (Å²) in [5.41, 5.74) is 2.92. The van der Waals surface area contributed by atoms with Gasteiger partial charge in [0.1, 0.15) is 0 Å². The summed E-state index contributed by atoms with van der Waals surface area (Å²) in [5.74, 6) is 0. The van der Waals surface area contributed by atoms with Gasteiger partial charge in [-0.05, 0) is 31.0 Å². The number of hydrogen-bond acceptors (Lipinski definition) is 4. The first-order valence-corrected chi connectivity index (χ1v) is 7.77. The maximum Gasteiger partial charge on any atom is 0.0931 e. The maximum atomic E-state index is 9.20. The minimum Gasteiger partial charge on any atom is -0.411 e. The van der Waals surface area contributed by atoms with Crippen LogP contribution in [-0.2, 0) is 6.54 Å². The van der Waals surface area contributed by atoms with E-state index >= 15 is 0 Å². The SMILES string of the molecule is O/N=C1/CCCN(Cc2ccc(Cl)s2)c2ccccc21. The highest BCUT2D eigenvalue weighted by atomic mass is 35.5. The van der Waals surface area contributed by atoms with Crippen molar-refractivity contribution in [1.29, 1.82) is 0 Å². The Morgan fingerprint density at radius 3 is 2.85 bits per heavy atom. The summed E-state index contributed by atoms with van der Waals surface area (Å²) >= 11 is 7.62. The van der Waals surface area contributed by atoms with Gasteiger partial charge < -0.3 is 10.1 Å². The summed E-state index contributed by atoms with van der Waals surface area (Å²) in [6.45, 7) is 1.79. The maximum absolute atomic E-state index is 9.20. The first-order valence-electron chi connectivity index (χ1n) is 6.57. The Kier molecular flexibility index (Phi) is 3.94. The van der Waals surface area contributed by atoms with Crippen LogP contribution in [0.25, 0.3) is 0 Å². The van der Waals surface area contributed by atoms with Gasteiger partial charge in [-0.1, -0.05) is 35.0 Å². The number of para-hydroxylation sites is 1. The lowest BCUT2D eigenvalue weighted by atomic mass is 10.1. The molecule has 2 heterocycles. The van der Waals surface area contributed by atoms with Crippen LogP contribution in [-0.4, -0.2) is 17.5 Å². The minimum absolute atomic E-state index is 0.771. The largest absolute Gasteiger partial charge is 0.411 e. The average molecular weight is 307 g/mol. The topological polar surface area (TPSA) is 35.8 Å². The third-order valence-corrected chi connectivity index (χ3v) is 4.71.